The highest BCUT2D eigenvalue weighted by molar-refractivity contribution is 5.96. The average molecular weight is 584 g/mol. The number of amides is 3. The third-order valence-corrected chi connectivity index (χ3v) is 6.33. The minimum Gasteiger partial charge on any atom is -0.460 e. The summed E-state index contributed by atoms with van der Waals surface area (Å²) >= 11 is 0. The molecule has 3 amide bonds. The Balaban J connectivity index is 1.82. The van der Waals surface area contributed by atoms with Crippen LogP contribution in [0.25, 0.3) is 11.4 Å². The number of hydrogen-bond acceptors (Lipinski definition) is 9. The number of aliphatic hydroxyl groups excluding tert-OH is 1. The second-order valence-electron chi connectivity index (χ2n) is 11.1. The number of esters is 1. The van der Waals surface area contributed by atoms with Gasteiger partial charge in [0.15, 0.2) is 5.82 Å². The Morgan fingerprint density at radius 3 is 2.26 bits per heavy atom. The maximum atomic E-state index is 13.6. The third kappa shape index (κ3) is 9.79. The third-order valence-electron chi connectivity index (χ3n) is 6.33. The lowest BCUT2D eigenvalue weighted by atomic mass is 10.1. The van der Waals surface area contributed by atoms with Crippen molar-refractivity contribution in [3.63, 3.8) is 0 Å². The Kier molecular flexibility index (Phi) is 11.4. The summed E-state index contributed by atoms with van der Waals surface area (Å²) in [5, 5.41) is 12.7. The molecular weight excluding hydrogens is 542 g/mol. The van der Waals surface area contributed by atoms with Gasteiger partial charge in [-0.25, -0.2) is 14.8 Å². The van der Waals surface area contributed by atoms with Crippen LogP contribution in [0.15, 0.2) is 36.4 Å². The Hall–Kier alpha value is -4.06. The number of carbonyl (C=O) groups excluding carboxylic acids is 4. The van der Waals surface area contributed by atoms with Crippen LogP contribution >= 0.6 is 0 Å². The van der Waals surface area contributed by atoms with E-state index in [0.29, 0.717) is 17.1 Å². The molecule has 0 radical (unpaired) electrons. The van der Waals surface area contributed by atoms with Crippen molar-refractivity contribution in [2.24, 2.45) is 0 Å². The van der Waals surface area contributed by atoms with Crippen LogP contribution in [0.2, 0.25) is 0 Å². The minimum absolute atomic E-state index is 0.00867. The van der Waals surface area contributed by atoms with E-state index in [1.54, 1.807) is 39.5 Å². The predicted molar refractivity (Wildman–Crippen MR) is 154 cm³/mol. The number of aliphatic hydroxyl groups is 1. The van der Waals surface area contributed by atoms with Crippen molar-refractivity contribution in [3.05, 3.63) is 47.8 Å². The van der Waals surface area contributed by atoms with E-state index in [2.05, 4.69) is 15.3 Å². The van der Waals surface area contributed by atoms with Gasteiger partial charge in [0.25, 0.3) is 5.91 Å². The second-order valence-corrected chi connectivity index (χ2v) is 11.1. The smallest absolute Gasteiger partial charge is 0.409 e. The molecule has 0 saturated carbocycles. The topological polar surface area (TPSA) is 151 Å². The zero-order chi connectivity index (χ0) is 30.9. The molecule has 0 spiro atoms. The molecule has 1 saturated heterocycles. The molecule has 1 aliphatic rings. The average Bonchev–Trinajstić information content (AvgIpc) is 2.94. The molecular formula is C30H41N5O7. The van der Waals surface area contributed by atoms with Gasteiger partial charge in [-0.2, -0.15) is 0 Å². The number of carbonyl (C=O) groups is 4. The lowest BCUT2D eigenvalue weighted by Crippen LogP contribution is -2.56. The molecule has 1 unspecified atom stereocenters. The largest absolute Gasteiger partial charge is 0.460 e. The second kappa shape index (κ2) is 14.7. The molecule has 42 heavy (non-hydrogen) atoms. The van der Waals surface area contributed by atoms with Gasteiger partial charge in [-0.05, 0) is 47.1 Å². The van der Waals surface area contributed by atoms with Gasteiger partial charge in [-0.1, -0.05) is 30.3 Å². The molecule has 0 aliphatic carbocycles. The van der Waals surface area contributed by atoms with Gasteiger partial charge in [-0.3, -0.25) is 14.4 Å². The van der Waals surface area contributed by atoms with Crippen molar-refractivity contribution in [1.82, 2.24) is 25.1 Å². The molecule has 1 fully saturated rings. The zero-order valence-corrected chi connectivity index (χ0v) is 25.0. The Bertz CT molecular complexity index is 1240. The molecule has 2 N–H and O–H groups in total. The molecule has 2 heterocycles. The van der Waals surface area contributed by atoms with E-state index in [0.717, 1.165) is 0 Å². The molecule has 12 heteroatoms. The quantitative estimate of drug-likeness (QED) is 0.402. The van der Waals surface area contributed by atoms with Crippen LogP contribution in [-0.4, -0.2) is 99.3 Å². The molecule has 228 valence electrons. The van der Waals surface area contributed by atoms with Crippen molar-refractivity contribution in [2.75, 3.05) is 32.8 Å². The summed E-state index contributed by atoms with van der Waals surface area (Å²) in [7, 11) is 0. The lowest BCUT2D eigenvalue weighted by molar-refractivity contribution is -0.155. The summed E-state index contributed by atoms with van der Waals surface area (Å²) in [6.45, 7) is 9.93. The number of aromatic nitrogens is 2. The Morgan fingerprint density at radius 2 is 1.67 bits per heavy atom. The molecule has 1 aliphatic heterocycles. The minimum atomic E-state index is -1.05. The van der Waals surface area contributed by atoms with Gasteiger partial charge in [0.1, 0.15) is 17.3 Å². The van der Waals surface area contributed by atoms with Crippen LogP contribution in [0.3, 0.4) is 0 Å². The number of rotatable bonds is 10. The van der Waals surface area contributed by atoms with Crippen molar-refractivity contribution in [3.8, 4) is 11.4 Å². The van der Waals surface area contributed by atoms with Crippen molar-refractivity contribution < 1.29 is 33.8 Å². The lowest BCUT2D eigenvalue weighted by Gasteiger charge is -2.36. The monoisotopic (exact) mass is 583 g/mol. The standard InChI is InChI=1S/C30H41N5O7/c1-6-41-29(40)35-16-14-34(15-17-35)28(39)23(12-13-25(37)42-30(3,4)5)33-27(38)24-19-22(18-20(2)36)31-26(32-24)21-10-8-7-9-11-21/h7-11,19-20,23,36H,6,12-18H2,1-5H3,(H,33,38)/t20?,23-/m0/s1. The van der Waals surface area contributed by atoms with E-state index < -0.39 is 35.7 Å². The predicted octanol–water partition coefficient (Wildman–Crippen LogP) is 2.59. The zero-order valence-electron chi connectivity index (χ0n) is 25.0. The summed E-state index contributed by atoms with van der Waals surface area (Å²) in [4.78, 5) is 63.8. The van der Waals surface area contributed by atoms with Crippen LogP contribution in [0.5, 0.6) is 0 Å². The van der Waals surface area contributed by atoms with Gasteiger partial charge in [0, 0.05) is 50.3 Å². The number of benzene rings is 1. The summed E-state index contributed by atoms with van der Waals surface area (Å²) in [6, 6.07) is 9.57. The van der Waals surface area contributed by atoms with Gasteiger partial charge < -0.3 is 29.7 Å². The van der Waals surface area contributed by atoms with Crippen LogP contribution in [0.4, 0.5) is 4.79 Å². The number of hydrogen-bond donors (Lipinski definition) is 2. The van der Waals surface area contributed by atoms with Crippen molar-refractivity contribution >= 4 is 23.9 Å². The summed E-state index contributed by atoms with van der Waals surface area (Å²) < 4.78 is 10.5. The van der Waals surface area contributed by atoms with E-state index in [4.69, 9.17) is 9.47 Å². The number of nitrogens with one attached hydrogen (secondary N) is 1. The normalized spacial score (nSPS) is 15.0. The van der Waals surface area contributed by atoms with E-state index in [-0.39, 0.29) is 63.6 Å². The first-order valence-electron chi connectivity index (χ1n) is 14.2. The SMILES string of the molecule is CCOC(=O)N1CCN(C(=O)[C@H](CCC(=O)OC(C)(C)C)NC(=O)c2cc(CC(C)O)nc(-c3ccccc3)n2)CC1. The molecule has 2 aromatic rings. The van der Waals surface area contributed by atoms with Gasteiger partial charge >= 0.3 is 12.1 Å². The fourth-order valence-electron chi connectivity index (χ4n) is 4.43. The highest BCUT2D eigenvalue weighted by Crippen LogP contribution is 2.18. The van der Waals surface area contributed by atoms with E-state index in [1.165, 1.54) is 11.0 Å². The molecule has 1 aromatic carbocycles. The molecule has 3 rings (SSSR count). The van der Waals surface area contributed by atoms with Gasteiger partial charge in [-0.15, -0.1) is 0 Å². The van der Waals surface area contributed by atoms with Crippen LogP contribution in [-0.2, 0) is 25.5 Å². The maximum absolute atomic E-state index is 13.6. The van der Waals surface area contributed by atoms with Crippen LogP contribution < -0.4 is 5.32 Å². The van der Waals surface area contributed by atoms with E-state index >= 15 is 0 Å². The number of ether oxygens (including phenoxy) is 2. The van der Waals surface area contributed by atoms with Gasteiger partial charge in [0.2, 0.25) is 5.91 Å². The fourth-order valence-corrected chi connectivity index (χ4v) is 4.43. The summed E-state index contributed by atoms with van der Waals surface area (Å²) in [5.41, 5.74) is 0.492. The van der Waals surface area contributed by atoms with Crippen LogP contribution in [0, 0.1) is 0 Å². The fraction of sp³-hybridized carbons (Fsp3) is 0.533. The highest BCUT2D eigenvalue weighted by atomic mass is 16.6. The number of piperazine rings is 1. The summed E-state index contributed by atoms with van der Waals surface area (Å²) in [5.74, 6) is -1.17. The Labute approximate surface area is 246 Å². The first kappa shape index (κ1) is 32.5. The van der Waals surface area contributed by atoms with E-state index in [9.17, 15) is 24.3 Å². The molecule has 0 bridgehead atoms. The number of nitrogens with zero attached hydrogens (tertiary/aromatic N) is 4. The molecule has 12 nitrogen and oxygen atoms in total. The molecule has 2 atom stereocenters. The maximum Gasteiger partial charge on any atom is 0.409 e. The first-order chi connectivity index (χ1) is 19.9. The van der Waals surface area contributed by atoms with Crippen molar-refractivity contribution in [2.45, 2.75) is 71.6 Å². The van der Waals surface area contributed by atoms with Gasteiger partial charge in [0.05, 0.1) is 12.7 Å². The van der Waals surface area contributed by atoms with E-state index in [1.807, 2.05) is 30.3 Å². The Morgan fingerprint density at radius 1 is 1.02 bits per heavy atom. The highest BCUT2D eigenvalue weighted by Gasteiger charge is 2.32. The van der Waals surface area contributed by atoms with Crippen molar-refractivity contribution in [1.29, 1.82) is 0 Å². The summed E-state index contributed by atoms with van der Waals surface area (Å²) in [6.07, 6.45) is -1.02. The molecule has 1 aromatic heterocycles. The van der Waals surface area contributed by atoms with Crippen LogP contribution in [0.1, 0.15) is 63.6 Å². The first-order valence-corrected chi connectivity index (χ1v) is 14.2.